The third kappa shape index (κ3) is 3.78. The lowest BCUT2D eigenvalue weighted by Crippen LogP contribution is -2.35. The molecule has 3 heteroatoms. The molecule has 1 aliphatic rings. The van der Waals surface area contributed by atoms with Crippen molar-refractivity contribution in [1.82, 2.24) is 5.32 Å². The number of hydrogen-bond acceptors (Lipinski definition) is 3. The maximum Gasteiger partial charge on any atom is 0.114 e. The van der Waals surface area contributed by atoms with Crippen LogP contribution in [0.5, 0.6) is 0 Å². The predicted octanol–water partition coefficient (Wildman–Crippen LogP) is 3.99. The van der Waals surface area contributed by atoms with Crippen molar-refractivity contribution >= 4 is 11.8 Å². The highest BCUT2D eigenvalue weighted by Crippen LogP contribution is 2.35. The number of rotatable bonds is 5. The van der Waals surface area contributed by atoms with Gasteiger partial charge in [-0.2, -0.15) is 0 Å². The largest absolute Gasteiger partial charge is 0.468 e. The first-order chi connectivity index (χ1) is 8.29. The third-order valence-electron chi connectivity index (χ3n) is 3.41. The molecule has 0 radical (unpaired) electrons. The summed E-state index contributed by atoms with van der Waals surface area (Å²) in [5.41, 5.74) is 0. The van der Waals surface area contributed by atoms with Gasteiger partial charge in [0.2, 0.25) is 0 Å². The van der Waals surface area contributed by atoms with E-state index in [1.807, 2.05) is 11.8 Å². The maximum atomic E-state index is 5.36. The molecule has 0 aliphatic heterocycles. The van der Waals surface area contributed by atoms with Crippen molar-refractivity contribution in [3.05, 3.63) is 18.1 Å². The van der Waals surface area contributed by atoms with E-state index in [9.17, 15) is 0 Å². The van der Waals surface area contributed by atoms with Crippen molar-refractivity contribution < 1.29 is 4.42 Å². The van der Waals surface area contributed by atoms with Gasteiger partial charge in [0.05, 0.1) is 6.26 Å². The van der Waals surface area contributed by atoms with Crippen LogP contribution in [0.3, 0.4) is 0 Å². The van der Waals surface area contributed by atoms with Crippen molar-refractivity contribution in [2.75, 3.05) is 6.54 Å². The van der Waals surface area contributed by atoms with Gasteiger partial charge in [0.1, 0.15) is 5.76 Å². The molecular weight excluding hydrogens is 230 g/mol. The zero-order valence-corrected chi connectivity index (χ0v) is 11.7. The van der Waals surface area contributed by atoms with E-state index >= 15 is 0 Å². The molecule has 1 aromatic rings. The van der Waals surface area contributed by atoms with Crippen LogP contribution in [0.2, 0.25) is 0 Å². The summed E-state index contributed by atoms with van der Waals surface area (Å²) in [6.07, 6.45) is 8.38. The molecule has 0 spiro atoms. The van der Waals surface area contributed by atoms with E-state index in [1.165, 1.54) is 37.0 Å². The topological polar surface area (TPSA) is 25.2 Å². The zero-order chi connectivity index (χ0) is 12.1. The highest BCUT2D eigenvalue weighted by molar-refractivity contribution is 8.00. The van der Waals surface area contributed by atoms with Crippen LogP contribution in [-0.2, 0) is 0 Å². The smallest absolute Gasteiger partial charge is 0.114 e. The molecule has 1 aromatic heterocycles. The lowest BCUT2D eigenvalue weighted by Gasteiger charge is -2.29. The van der Waals surface area contributed by atoms with Crippen molar-refractivity contribution in [1.29, 1.82) is 0 Å². The Morgan fingerprint density at radius 1 is 1.47 bits per heavy atom. The normalized spacial score (nSPS) is 25.1. The van der Waals surface area contributed by atoms with Crippen LogP contribution in [0.1, 0.15) is 44.8 Å². The van der Waals surface area contributed by atoms with Gasteiger partial charge in [0, 0.05) is 16.2 Å². The minimum atomic E-state index is 0.730. The van der Waals surface area contributed by atoms with E-state index in [0.717, 1.165) is 23.6 Å². The van der Waals surface area contributed by atoms with Crippen LogP contribution in [0.15, 0.2) is 21.6 Å². The second-order valence-corrected chi connectivity index (χ2v) is 6.24. The molecule has 1 aliphatic carbocycles. The van der Waals surface area contributed by atoms with Gasteiger partial charge in [-0.05, 0) is 45.2 Å². The van der Waals surface area contributed by atoms with Gasteiger partial charge >= 0.3 is 0 Å². The van der Waals surface area contributed by atoms with Gasteiger partial charge < -0.3 is 9.73 Å². The predicted molar refractivity (Wildman–Crippen MR) is 73.6 cm³/mol. The van der Waals surface area contributed by atoms with Gasteiger partial charge in [0.25, 0.3) is 0 Å². The summed E-state index contributed by atoms with van der Waals surface area (Å²) in [5, 5.41) is 4.42. The van der Waals surface area contributed by atoms with Crippen molar-refractivity contribution in [3.8, 4) is 0 Å². The molecule has 2 atom stereocenters. The van der Waals surface area contributed by atoms with Crippen molar-refractivity contribution in [3.63, 3.8) is 0 Å². The molecule has 0 bridgehead atoms. The van der Waals surface area contributed by atoms with E-state index in [-0.39, 0.29) is 0 Å². The summed E-state index contributed by atoms with van der Waals surface area (Å²) in [6.45, 7) is 5.45. The molecule has 1 saturated carbocycles. The summed E-state index contributed by atoms with van der Waals surface area (Å²) in [4.78, 5) is 1.33. The van der Waals surface area contributed by atoms with Crippen LogP contribution in [-0.4, -0.2) is 17.8 Å². The number of aryl methyl sites for hydroxylation is 1. The molecular formula is C14H23NOS. The minimum Gasteiger partial charge on any atom is -0.468 e. The molecule has 96 valence electrons. The standard InChI is InChI=1S/C14H23NOS/c1-3-8-15-12-5-4-6-13(10-12)17-14-7-9-16-11(14)2/h7,9,12-13,15H,3-6,8,10H2,1-2H3. The monoisotopic (exact) mass is 253 g/mol. The fourth-order valence-electron chi connectivity index (χ4n) is 2.46. The van der Waals surface area contributed by atoms with E-state index in [0.29, 0.717) is 0 Å². The van der Waals surface area contributed by atoms with Crippen LogP contribution >= 0.6 is 11.8 Å². The Morgan fingerprint density at radius 3 is 3.06 bits per heavy atom. The van der Waals surface area contributed by atoms with Crippen LogP contribution in [0.25, 0.3) is 0 Å². The van der Waals surface area contributed by atoms with Crippen LogP contribution in [0, 0.1) is 6.92 Å². The Labute approximate surface area is 109 Å². The fraction of sp³-hybridized carbons (Fsp3) is 0.714. The van der Waals surface area contributed by atoms with Gasteiger partial charge in [0.15, 0.2) is 0 Å². The molecule has 1 heterocycles. The fourth-order valence-corrected chi connectivity index (χ4v) is 3.78. The summed E-state index contributed by atoms with van der Waals surface area (Å²) in [7, 11) is 0. The molecule has 2 rings (SSSR count). The first kappa shape index (κ1) is 13.0. The van der Waals surface area contributed by atoms with Crippen LogP contribution < -0.4 is 5.32 Å². The second kappa shape index (κ2) is 6.50. The molecule has 17 heavy (non-hydrogen) atoms. The lowest BCUT2D eigenvalue weighted by atomic mass is 9.95. The Bertz CT molecular complexity index is 337. The highest BCUT2D eigenvalue weighted by Gasteiger charge is 2.23. The lowest BCUT2D eigenvalue weighted by molar-refractivity contribution is 0.381. The van der Waals surface area contributed by atoms with Gasteiger partial charge in [-0.25, -0.2) is 0 Å². The molecule has 0 aromatic carbocycles. The van der Waals surface area contributed by atoms with E-state index in [4.69, 9.17) is 4.42 Å². The molecule has 2 unspecified atom stereocenters. The summed E-state index contributed by atoms with van der Waals surface area (Å²) < 4.78 is 5.36. The van der Waals surface area contributed by atoms with Gasteiger partial charge in [-0.3, -0.25) is 0 Å². The number of nitrogens with one attached hydrogen (secondary N) is 1. The average molecular weight is 253 g/mol. The van der Waals surface area contributed by atoms with Gasteiger partial charge in [-0.15, -0.1) is 11.8 Å². The van der Waals surface area contributed by atoms with E-state index in [2.05, 4.69) is 25.2 Å². The third-order valence-corrected chi connectivity index (χ3v) is 4.85. The van der Waals surface area contributed by atoms with Crippen molar-refractivity contribution in [2.45, 2.75) is 62.1 Å². The number of hydrogen-bond donors (Lipinski definition) is 1. The second-order valence-electron chi connectivity index (χ2n) is 4.90. The Balaban J connectivity index is 1.83. The van der Waals surface area contributed by atoms with Gasteiger partial charge in [-0.1, -0.05) is 13.3 Å². The summed E-state index contributed by atoms with van der Waals surface area (Å²) in [5.74, 6) is 1.07. The average Bonchev–Trinajstić information content (AvgIpc) is 2.73. The quantitative estimate of drug-likeness (QED) is 0.859. The zero-order valence-electron chi connectivity index (χ0n) is 10.9. The minimum absolute atomic E-state index is 0.730. The van der Waals surface area contributed by atoms with Crippen LogP contribution in [0.4, 0.5) is 0 Å². The first-order valence-corrected chi connectivity index (χ1v) is 7.61. The summed E-state index contributed by atoms with van der Waals surface area (Å²) in [6, 6.07) is 2.83. The maximum absolute atomic E-state index is 5.36. The highest BCUT2D eigenvalue weighted by atomic mass is 32.2. The Morgan fingerprint density at radius 2 is 2.35 bits per heavy atom. The SMILES string of the molecule is CCCNC1CCCC(Sc2ccoc2C)C1. The molecule has 1 N–H and O–H groups in total. The van der Waals surface area contributed by atoms with E-state index < -0.39 is 0 Å². The molecule has 2 nitrogen and oxygen atoms in total. The summed E-state index contributed by atoms with van der Waals surface area (Å²) >= 11 is 2.00. The molecule has 1 fully saturated rings. The molecule has 0 amide bonds. The Hall–Kier alpha value is -0.410. The number of thioether (sulfide) groups is 1. The van der Waals surface area contributed by atoms with E-state index in [1.54, 1.807) is 6.26 Å². The first-order valence-electron chi connectivity index (χ1n) is 6.73. The molecule has 0 saturated heterocycles. The Kier molecular flexibility index (Phi) is 4.99. The van der Waals surface area contributed by atoms with Crippen molar-refractivity contribution in [2.24, 2.45) is 0 Å². The number of furan rings is 1.